The number of nitrogens with zero attached hydrogens (tertiary/aromatic N) is 1. The van der Waals surface area contributed by atoms with Crippen LogP contribution in [0.5, 0.6) is 0 Å². The molecule has 0 radical (unpaired) electrons. The van der Waals surface area contributed by atoms with Gasteiger partial charge in [-0.25, -0.2) is 0 Å². The highest BCUT2D eigenvalue weighted by molar-refractivity contribution is 5.85. The van der Waals surface area contributed by atoms with Crippen LogP contribution in [0.2, 0.25) is 0 Å². The van der Waals surface area contributed by atoms with Crippen molar-refractivity contribution >= 4 is 16.6 Å². The molecule has 0 aliphatic rings. The van der Waals surface area contributed by atoms with Crippen molar-refractivity contribution in [3.8, 4) is 0 Å². The van der Waals surface area contributed by atoms with E-state index in [-0.39, 0.29) is 10.6 Å². The normalized spacial score (nSPS) is 10.6. The van der Waals surface area contributed by atoms with Gasteiger partial charge in [0.25, 0.3) is 5.69 Å². The molecule has 0 spiro atoms. The van der Waals surface area contributed by atoms with Crippen LogP contribution < -0.4 is 0 Å². The van der Waals surface area contributed by atoms with Gasteiger partial charge < -0.3 is 4.98 Å². The topological polar surface area (TPSA) is 58.9 Å². The van der Waals surface area contributed by atoms with Gasteiger partial charge in [0.2, 0.25) is 0 Å². The highest BCUT2D eigenvalue weighted by atomic mass is 16.6. The molecule has 0 bridgehead atoms. The monoisotopic (exact) mass is 190 g/mol. The van der Waals surface area contributed by atoms with Gasteiger partial charge in [0.05, 0.1) is 4.92 Å². The van der Waals surface area contributed by atoms with Crippen LogP contribution in [0.4, 0.5) is 5.69 Å². The lowest BCUT2D eigenvalue weighted by Crippen LogP contribution is -1.87. The van der Waals surface area contributed by atoms with E-state index in [1.54, 1.807) is 12.1 Å². The zero-order chi connectivity index (χ0) is 10.1. The fourth-order valence-corrected chi connectivity index (χ4v) is 1.57. The number of rotatable bonds is 2. The average Bonchev–Trinajstić information content (AvgIpc) is 2.59. The lowest BCUT2D eigenvalue weighted by molar-refractivity contribution is -0.384. The van der Waals surface area contributed by atoms with Crippen molar-refractivity contribution in [3.05, 3.63) is 40.1 Å². The summed E-state index contributed by atoms with van der Waals surface area (Å²) in [7, 11) is 0. The number of benzene rings is 1. The molecule has 0 amide bonds. The van der Waals surface area contributed by atoms with Crippen LogP contribution in [-0.2, 0) is 6.42 Å². The number of nitrogens with one attached hydrogen (secondary N) is 1. The van der Waals surface area contributed by atoms with Gasteiger partial charge in [0.15, 0.2) is 0 Å². The molecule has 0 saturated heterocycles. The Hall–Kier alpha value is -1.84. The third kappa shape index (κ3) is 1.25. The van der Waals surface area contributed by atoms with Gasteiger partial charge in [-0.1, -0.05) is 6.92 Å². The number of fused-ring (bicyclic) bond motifs is 1. The standard InChI is InChI=1S/C10H10N2O2/c1-2-7-6-11-10-4-3-8(12(13)14)5-9(7)10/h3-6,11H,2H2,1H3. The molecule has 0 unspecified atom stereocenters. The Morgan fingerprint density at radius 3 is 2.93 bits per heavy atom. The van der Waals surface area contributed by atoms with Crippen molar-refractivity contribution in [1.29, 1.82) is 0 Å². The molecular formula is C10H10N2O2. The van der Waals surface area contributed by atoms with Crippen molar-refractivity contribution < 1.29 is 4.92 Å². The molecule has 0 aliphatic carbocycles. The minimum atomic E-state index is -0.369. The van der Waals surface area contributed by atoms with Crippen LogP contribution in [0.15, 0.2) is 24.4 Å². The summed E-state index contributed by atoms with van der Waals surface area (Å²) in [6.45, 7) is 2.03. The number of aryl methyl sites for hydroxylation is 1. The molecule has 0 aliphatic heterocycles. The minimum absolute atomic E-state index is 0.145. The first-order valence-electron chi connectivity index (χ1n) is 4.46. The molecule has 14 heavy (non-hydrogen) atoms. The van der Waals surface area contributed by atoms with Crippen LogP contribution in [0, 0.1) is 10.1 Å². The molecule has 2 aromatic rings. The molecular weight excluding hydrogens is 180 g/mol. The second kappa shape index (κ2) is 3.14. The van der Waals surface area contributed by atoms with Gasteiger partial charge >= 0.3 is 0 Å². The van der Waals surface area contributed by atoms with E-state index in [9.17, 15) is 10.1 Å². The number of aromatic amines is 1. The number of non-ortho nitro benzene ring substituents is 1. The SMILES string of the molecule is CCc1c[nH]c2ccc([N+](=O)[O-])cc12. The van der Waals surface area contributed by atoms with Gasteiger partial charge in [0.1, 0.15) is 0 Å². The maximum Gasteiger partial charge on any atom is 0.270 e. The summed E-state index contributed by atoms with van der Waals surface area (Å²) in [5.74, 6) is 0. The number of hydrogen-bond acceptors (Lipinski definition) is 2. The lowest BCUT2D eigenvalue weighted by atomic mass is 10.1. The van der Waals surface area contributed by atoms with Crippen molar-refractivity contribution in [2.24, 2.45) is 0 Å². The lowest BCUT2D eigenvalue weighted by Gasteiger charge is -1.94. The van der Waals surface area contributed by atoms with Crippen LogP contribution in [0.25, 0.3) is 10.9 Å². The van der Waals surface area contributed by atoms with Gasteiger partial charge in [0, 0.05) is 29.2 Å². The van der Waals surface area contributed by atoms with Crippen molar-refractivity contribution in [2.45, 2.75) is 13.3 Å². The fourth-order valence-electron chi connectivity index (χ4n) is 1.57. The number of nitro groups is 1. The number of aromatic nitrogens is 1. The van der Waals surface area contributed by atoms with Crippen LogP contribution in [0.3, 0.4) is 0 Å². The molecule has 1 aromatic heterocycles. The van der Waals surface area contributed by atoms with E-state index in [2.05, 4.69) is 4.98 Å². The molecule has 1 aromatic carbocycles. The van der Waals surface area contributed by atoms with Crippen LogP contribution in [0.1, 0.15) is 12.5 Å². The molecule has 0 saturated carbocycles. The predicted molar refractivity (Wildman–Crippen MR) is 54.3 cm³/mol. The van der Waals surface area contributed by atoms with E-state index < -0.39 is 0 Å². The van der Waals surface area contributed by atoms with Gasteiger partial charge in [-0.2, -0.15) is 0 Å². The first-order valence-corrected chi connectivity index (χ1v) is 4.46. The molecule has 0 atom stereocenters. The third-order valence-electron chi connectivity index (χ3n) is 2.34. The summed E-state index contributed by atoms with van der Waals surface area (Å²) in [6.07, 6.45) is 2.77. The third-order valence-corrected chi connectivity index (χ3v) is 2.34. The molecule has 4 nitrogen and oxygen atoms in total. The smallest absolute Gasteiger partial charge is 0.270 e. The Morgan fingerprint density at radius 1 is 1.50 bits per heavy atom. The maximum absolute atomic E-state index is 10.6. The Labute approximate surface area is 80.7 Å². The van der Waals surface area contributed by atoms with Gasteiger partial charge in [-0.3, -0.25) is 10.1 Å². The fraction of sp³-hybridized carbons (Fsp3) is 0.200. The zero-order valence-corrected chi connectivity index (χ0v) is 7.78. The quantitative estimate of drug-likeness (QED) is 0.584. The van der Waals surface area contributed by atoms with E-state index in [1.807, 2.05) is 13.1 Å². The average molecular weight is 190 g/mol. The summed E-state index contributed by atoms with van der Waals surface area (Å²) in [4.78, 5) is 13.3. The summed E-state index contributed by atoms with van der Waals surface area (Å²) < 4.78 is 0. The minimum Gasteiger partial charge on any atom is -0.361 e. The Bertz CT molecular complexity index is 488. The Kier molecular flexibility index (Phi) is 1.96. The van der Waals surface area contributed by atoms with Gasteiger partial charge in [-0.15, -0.1) is 0 Å². The zero-order valence-electron chi connectivity index (χ0n) is 7.78. The Balaban J connectivity index is 2.67. The maximum atomic E-state index is 10.6. The van der Waals surface area contributed by atoms with Crippen LogP contribution >= 0.6 is 0 Å². The van der Waals surface area contributed by atoms with Crippen molar-refractivity contribution in [1.82, 2.24) is 4.98 Å². The molecule has 4 heteroatoms. The highest BCUT2D eigenvalue weighted by Gasteiger charge is 2.08. The van der Waals surface area contributed by atoms with E-state index in [0.717, 1.165) is 22.9 Å². The van der Waals surface area contributed by atoms with E-state index in [4.69, 9.17) is 0 Å². The van der Waals surface area contributed by atoms with Crippen molar-refractivity contribution in [2.75, 3.05) is 0 Å². The largest absolute Gasteiger partial charge is 0.361 e. The highest BCUT2D eigenvalue weighted by Crippen LogP contribution is 2.23. The molecule has 2 rings (SSSR count). The van der Waals surface area contributed by atoms with Gasteiger partial charge in [-0.05, 0) is 18.1 Å². The van der Waals surface area contributed by atoms with E-state index in [1.165, 1.54) is 6.07 Å². The number of nitro benzene ring substituents is 1. The summed E-state index contributed by atoms with van der Waals surface area (Å²) in [5.41, 5.74) is 2.21. The predicted octanol–water partition coefficient (Wildman–Crippen LogP) is 2.64. The molecule has 0 fully saturated rings. The Morgan fingerprint density at radius 2 is 2.29 bits per heavy atom. The number of H-pyrrole nitrogens is 1. The summed E-state index contributed by atoms with van der Waals surface area (Å²) >= 11 is 0. The second-order valence-corrected chi connectivity index (χ2v) is 3.15. The van der Waals surface area contributed by atoms with Crippen molar-refractivity contribution in [3.63, 3.8) is 0 Å². The first-order chi connectivity index (χ1) is 6.72. The molecule has 1 heterocycles. The number of hydrogen-bond donors (Lipinski definition) is 1. The second-order valence-electron chi connectivity index (χ2n) is 3.15. The first kappa shape index (κ1) is 8.74. The summed E-state index contributed by atoms with van der Waals surface area (Å²) in [6, 6.07) is 4.87. The molecule has 1 N–H and O–H groups in total. The van der Waals surface area contributed by atoms with Crippen LogP contribution in [-0.4, -0.2) is 9.91 Å². The van der Waals surface area contributed by atoms with E-state index in [0.29, 0.717) is 0 Å². The molecule has 72 valence electrons. The summed E-state index contributed by atoms with van der Waals surface area (Å²) in [5, 5.41) is 11.5. The van der Waals surface area contributed by atoms with E-state index >= 15 is 0 Å².